The second-order valence-electron chi connectivity index (χ2n) is 11.9. The minimum atomic E-state index is -4.15. The molecule has 2 aromatic rings. The van der Waals surface area contributed by atoms with Crippen molar-refractivity contribution in [3.05, 3.63) is 53.2 Å². The summed E-state index contributed by atoms with van der Waals surface area (Å²) in [6.07, 6.45) is 2.51. The van der Waals surface area contributed by atoms with Gasteiger partial charge in [-0.1, -0.05) is 24.6 Å². The zero-order valence-corrected chi connectivity index (χ0v) is 23.3. The van der Waals surface area contributed by atoms with Gasteiger partial charge in [0.1, 0.15) is 6.04 Å². The van der Waals surface area contributed by atoms with Crippen molar-refractivity contribution >= 4 is 40.4 Å². The maximum absolute atomic E-state index is 13.6. The van der Waals surface area contributed by atoms with Gasteiger partial charge in [-0.15, -0.1) is 0 Å². The Morgan fingerprint density at radius 1 is 1.10 bits per heavy atom. The van der Waals surface area contributed by atoms with Gasteiger partial charge in [0, 0.05) is 49.6 Å². The molecule has 6 rings (SSSR count). The van der Waals surface area contributed by atoms with Crippen LogP contribution in [-0.2, 0) is 16.0 Å². The largest absolute Gasteiger partial charge is 0.404 e. The quantitative estimate of drug-likeness (QED) is 0.375. The number of piperidine rings is 2. The number of nitrogens with one attached hydrogen (secondary N) is 1. The van der Waals surface area contributed by atoms with E-state index in [4.69, 9.17) is 10.7 Å². The summed E-state index contributed by atoms with van der Waals surface area (Å²) < 4.78 is 40.8. The lowest BCUT2D eigenvalue weighted by Crippen LogP contribution is -2.53. The zero-order valence-electron chi connectivity index (χ0n) is 23.3. The van der Waals surface area contributed by atoms with Crippen LogP contribution >= 0.6 is 0 Å². The topological polar surface area (TPSA) is 108 Å². The molecule has 1 unspecified atom stereocenters. The normalized spacial score (nSPS) is 23.6. The van der Waals surface area contributed by atoms with E-state index in [0.717, 1.165) is 21.9 Å². The highest BCUT2D eigenvalue weighted by molar-refractivity contribution is 6.27. The van der Waals surface area contributed by atoms with Gasteiger partial charge in [0.15, 0.2) is 0 Å². The number of halogens is 3. The van der Waals surface area contributed by atoms with E-state index in [1.807, 2.05) is 29.2 Å². The summed E-state index contributed by atoms with van der Waals surface area (Å²) in [5.74, 6) is -1.07. The number of hydrogen-bond acceptors (Lipinski definition) is 6. The number of alkyl halides is 3. The third kappa shape index (κ3) is 4.97. The number of imide groups is 1. The Morgan fingerprint density at radius 3 is 2.50 bits per heavy atom. The summed E-state index contributed by atoms with van der Waals surface area (Å²) in [4.78, 5) is 45.8. The lowest BCUT2D eigenvalue weighted by atomic mass is 9.67. The summed E-state index contributed by atoms with van der Waals surface area (Å²) in [7, 11) is 0. The van der Waals surface area contributed by atoms with E-state index in [1.165, 1.54) is 11.1 Å². The number of nitrogens with two attached hydrogens (primary N) is 1. The van der Waals surface area contributed by atoms with Crippen molar-refractivity contribution < 1.29 is 27.6 Å². The number of allylic oxidation sites excluding steroid dienone is 1. The van der Waals surface area contributed by atoms with Crippen LogP contribution < -0.4 is 16.0 Å². The van der Waals surface area contributed by atoms with Gasteiger partial charge in [-0.3, -0.25) is 29.6 Å². The summed E-state index contributed by atoms with van der Waals surface area (Å²) in [6, 6.07) is 8.54. The number of carbonyl (C=O) groups excluding carboxylic acids is 3. The molecule has 3 aliphatic heterocycles. The maximum atomic E-state index is 13.6. The van der Waals surface area contributed by atoms with Crippen LogP contribution in [0, 0.1) is 5.41 Å². The lowest BCUT2D eigenvalue weighted by Gasteiger charge is -2.47. The Labute approximate surface area is 241 Å². The van der Waals surface area contributed by atoms with E-state index in [0.29, 0.717) is 50.0 Å². The van der Waals surface area contributed by atoms with Crippen molar-refractivity contribution in [2.45, 2.75) is 69.6 Å². The molecule has 8 nitrogen and oxygen atoms in total. The highest BCUT2D eigenvalue weighted by Crippen LogP contribution is 2.53. The van der Waals surface area contributed by atoms with Crippen LogP contribution in [0.1, 0.15) is 60.9 Å². The third-order valence-electron chi connectivity index (χ3n) is 9.39. The minimum absolute atomic E-state index is 0.0203. The summed E-state index contributed by atoms with van der Waals surface area (Å²) in [5, 5.41) is 3.99. The maximum Gasteiger partial charge on any atom is 0.395 e. The second kappa shape index (κ2) is 10.8. The SMILES string of the molecule is N/C=C(\C=NC1CCN(CC2(C(F)(F)F)CCC2)CC1)Cc1ccc2c3c(cccc13)C(=O)N2C1CCC(=O)NC1=O. The fraction of sp³-hybridized carbons (Fsp3) is 0.484. The molecule has 3 heterocycles. The zero-order chi connectivity index (χ0) is 29.6. The second-order valence-corrected chi connectivity index (χ2v) is 11.9. The molecule has 3 fully saturated rings. The van der Waals surface area contributed by atoms with E-state index < -0.39 is 23.5 Å². The van der Waals surface area contributed by atoms with Crippen LogP contribution in [0.2, 0.25) is 0 Å². The molecule has 1 atom stereocenters. The Bertz CT molecular complexity index is 1490. The van der Waals surface area contributed by atoms with E-state index in [-0.39, 0.29) is 50.1 Å². The number of rotatable bonds is 7. The molecule has 2 aromatic carbocycles. The van der Waals surface area contributed by atoms with Gasteiger partial charge in [0.05, 0.1) is 17.1 Å². The molecule has 2 saturated heterocycles. The van der Waals surface area contributed by atoms with Gasteiger partial charge < -0.3 is 10.6 Å². The van der Waals surface area contributed by atoms with E-state index in [9.17, 15) is 27.6 Å². The van der Waals surface area contributed by atoms with Gasteiger partial charge in [0.25, 0.3) is 5.91 Å². The fourth-order valence-electron chi connectivity index (χ4n) is 6.82. The van der Waals surface area contributed by atoms with Gasteiger partial charge >= 0.3 is 6.18 Å². The van der Waals surface area contributed by atoms with Crippen molar-refractivity contribution in [3.8, 4) is 0 Å². The van der Waals surface area contributed by atoms with Crippen molar-refractivity contribution in [2.24, 2.45) is 16.1 Å². The predicted octanol–water partition coefficient (Wildman–Crippen LogP) is 4.26. The smallest absolute Gasteiger partial charge is 0.395 e. The first kappa shape index (κ1) is 28.4. The van der Waals surface area contributed by atoms with Gasteiger partial charge in [-0.2, -0.15) is 13.2 Å². The number of nitrogens with zero attached hydrogens (tertiary/aromatic N) is 3. The Balaban J connectivity index is 1.14. The minimum Gasteiger partial charge on any atom is -0.404 e. The number of hydrogen-bond donors (Lipinski definition) is 2. The molecule has 1 saturated carbocycles. The average Bonchev–Trinajstić information content (AvgIpc) is 3.22. The molecule has 3 amide bonds. The highest BCUT2D eigenvalue weighted by Gasteiger charge is 2.58. The number of carbonyl (C=O) groups is 3. The first-order valence-corrected chi connectivity index (χ1v) is 14.5. The van der Waals surface area contributed by atoms with Crippen molar-refractivity contribution in [1.82, 2.24) is 10.2 Å². The van der Waals surface area contributed by atoms with Crippen LogP contribution in [0.3, 0.4) is 0 Å². The van der Waals surface area contributed by atoms with E-state index >= 15 is 0 Å². The third-order valence-corrected chi connectivity index (χ3v) is 9.39. The first-order valence-electron chi connectivity index (χ1n) is 14.5. The Morgan fingerprint density at radius 2 is 1.86 bits per heavy atom. The first-order chi connectivity index (χ1) is 20.1. The molecule has 0 radical (unpaired) electrons. The molecule has 0 bridgehead atoms. The number of amides is 3. The van der Waals surface area contributed by atoms with E-state index in [1.54, 1.807) is 12.3 Å². The Kier molecular flexibility index (Phi) is 7.32. The molecule has 1 aliphatic carbocycles. The molecule has 222 valence electrons. The number of aliphatic imine (C=N–C) groups is 1. The molecule has 11 heteroatoms. The lowest BCUT2D eigenvalue weighted by molar-refractivity contribution is -0.256. The summed E-state index contributed by atoms with van der Waals surface area (Å²) >= 11 is 0. The van der Waals surface area contributed by atoms with Crippen LogP contribution in [-0.4, -0.2) is 66.7 Å². The molecule has 4 aliphatic rings. The number of likely N-dealkylation sites (tertiary alicyclic amines) is 1. The highest BCUT2D eigenvalue weighted by atomic mass is 19.4. The average molecular weight is 582 g/mol. The van der Waals surface area contributed by atoms with E-state index in [2.05, 4.69) is 5.32 Å². The molecule has 42 heavy (non-hydrogen) atoms. The van der Waals surface area contributed by atoms with Gasteiger partial charge in [-0.05, 0) is 67.0 Å². The van der Waals surface area contributed by atoms with Crippen molar-refractivity contribution in [1.29, 1.82) is 0 Å². The van der Waals surface area contributed by atoms with Crippen LogP contribution in [0.4, 0.5) is 18.9 Å². The summed E-state index contributed by atoms with van der Waals surface area (Å²) in [6.45, 7) is 1.26. The summed E-state index contributed by atoms with van der Waals surface area (Å²) in [5.41, 5.74) is 7.33. The van der Waals surface area contributed by atoms with Gasteiger partial charge in [0.2, 0.25) is 11.8 Å². The van der Waals surface area contributed by atoms with Crippen molar-refractivity contribution in [3.63, 3.8) is 0 Å². The molecule has 0 aromatic heterocycles. The number of benzene rings is 2. The van der Waals surface area contributed by atoms with Crippen LogP contribution in [0.5, 0.6) is 0 Å². The number of anilines is 1. The van der Waals surface area contributed by atoms with Crippen LogP contribution in [0.15, 0.2) is 47.1 Å². The Hall–Kier alpha value is -3.73. The standard InChI is InChI=1S/C31H34F3N5O3/c32-31(33,34)30(11-2-12-30)18-38-13-9-21(10-14-38)36-17-19(16-35)15-20-5-6-24-27-22(20)3-1-4-23(27)29(42)39(24)25-7-8-26(40)37-28(25)41/h1,3-6,16-17,21,25H,2,7-15,18,35H2,(H,37,40,41)/b19-16-,36-17?. The molecule has 0 spiro atoms. The molecular weight excluding hydrogens is 547 g/mol. The fourth-order valence-corrected chi connectivity index (χ4v) is 6.82. The monoisotopic (exact) mass is 581 g/mol. The van der Waals surface area contributed by atoms with Crippen molar-refractivity contribution in [2.75, 3.05) is 24.5 Å². The van der Waals surface area contributed by atoms with Gasteiger partial charge in [-0.25, -0.2) is 0 Å². The molecular formula is C31H34F3N5O3. The predicted molar refractivity (Wildman–Crippen MR) is 153 cm³/mol. The van der Waals surface area contributed by atoms with Crippen LogP contribution in [0.25, 0.3) is 10.8 Å². The molecule has 3 N–H and O–H groups in total.